The molecule has 1 aliphatic heterocycles. The summed E-state index contributed by atoms with van der Waals surface area (Å²) in [5.41, 5.74) is 0.999. The van der Waals surface area contributed by atoms with Crippen molar-refractivity contribution in [2.75, 3.05) is 0 Å². The summed E-state index contributed by atoms with van der Waals surface area (Å²) in [6.45, 7) is 0. The van der Waals surface area contributed by atoms with Crippen molar-refractivity contribution in [1.82, 2.24) is 0 Å². The van der Waals surface area contributed by atoms with Crippen molar-refractivity contribution in [2.45, 2.75) is 0 Å². The van der Waals surface area contributed by atoms with Gasteiger partial charge in [-0.05, 0) is 6.07 Å². The van der Waals surface area contributed by atoms with Crippen LogP contribution in [0.25, 0.3) is 0 Å². The summed E-state index contributed by atoms with van der Waals surface area (Å²) < 4.78 is 0. The molecule has 0 aliphatic carbocycles. The Balaban J connectivity index is 2.67. The molecule has 1 aliphatic rings. The molecule has 1 aromatic carbocycles. The van der Waals surface area contributed by atoms with E-state index in [1.165, 1.54) is 6.34 Å². The molecule has 1 unspecified atom stereocenters. The summed E-state index contributed by atoms with van der Waals surface area (Å²) in [6, 6.07) is 3.22. The minimum atomic E-state index is -0.122. The number of halogens is 2. The highest BCUT2D eigenvalue weighted by Gasteiger charge is 2.19. The van der Waals surface area contributed by atoms with E-state index < -0.39 is 0 Å². The van der Waals surface area contributed by atoms with Gasteiger partial charge in [-0.2, -0.15) is 4.99 Å². The highest BCUT2D eigenvalue weighted by Crippen LogP contribution is 2.37. The van der Waals surface area contributed by atoms with Gasteiger partial charge in [0.05, 0.1) is 10.0 Å². The molecular formula is C7H4Cl2N2O. The van der Waals surface area contributed by atoms with Gasteiger partial charge in [-0.3, -0.25) is 5.06 Å². The highest BCUT2D eigenvalue weighted by atomic mass is 35.5. The molecule has 1 heterocycles. The van der Waals surface area contributed by atoms with Gasteiger partial charge in [0.1, 0.15) is 0 Å². The average molecular weight is 203 g/mol. The lowest BCUT2D eigenvalue weighted by molar-refractivity contribution is -0.655. The first-order valence-corrected chi connectivity index (χ1v) is 4.02. The van der Waals surface area contributed by atoms with Crippen molar-refractivity contribution >= 4 is 40.9 Å². The van der Waals surface area contributed by atoms with Crippen LogP contribution in [0.3, 0.4) is 0 Å². The maximum atomic E-state index is 11.1. The topological polar surface area (TPSA) is 39.9 Å². The molecule has 0 saturated heterocycles. The van der Waals surface area contributed by atoms with Crippen molar-refractivity contribution in [2.24, 2.45) is 4.99 Å². The molecule has 62 valence electrons. The number of nitrogens with one attached hydrogen (secondary N) is 1. The fraction of sp³-hybridized carbons (Fsp3) is 0. The molecule has 0 saturated carbocycles. The molecule has 2 rings (SSSR count). The van der Waals surface area contributed by atoms with Crippen LogP contribution < -0.4 is 5.06 Å². The molecule has 1 atom stereocenters. The highest BCUT2D eigenvalue weighted by molar-refractivity contribution is 6.44. The second-order valence-corrected chi connectivity index (χ2v) is 3.17. The van der Waals surface area contributed by atoms with Gasteiger partial charge in [-0.1, -0.05) is 23.2 Å². The number of fused-ring (bicyclic) bond motifs is 1. The molecular weight excluding hydrogens is 199 g/mol. The second kappa shape index (κ2) is 2.71. The molecule has 1 aromatic rings. The van der Waals surface area contributed by atoms with E-state index in [2.05, 4.69) is 4.99 Å². The number of rotatable bonds is 0. The zero-order valence-electron chi connectivity index (χ0n) is 5.84. The van der Waals surface area contributed by atoms with Crippen LogP contribution >= 0.6 is 23.2 Å². The number of benzene rings is 1. The van der Waals surface area contributed by atoms with Gasteiger partial charge < -0.3 is 5.21 Å². The predicted molar refractivity (Wildman–Crippen MR) is 48.6 cm³/mol. The van der Waals surface area contributed by atoms with Crippen molar-refractivity contribution in [1.29, 1.82) is 0 Å². The first kappa shape index (κ1) is 8.01. The predicted octanol–water partition coefficient (Wildman–Crippen LogP) is 1.68. The monoisotopic (exact) mass is 202 g/mol. The van der Waals surface area contributed by atoms with Gasteiger partial charge in [-0.15, -0.1) is 0 Å². The Bertz CT molecular complexity index is 365. The summed E-state index contributed by atoms with van der Waals surface area (Å²) in [5.74, 6) is 0. The van der Waals surface area contributed by atoms with Crippen LogP contribution in [0.1, 0.15) is 0 Å². The normalized spacial score (nSPS) is 19.8. The Kier molecular flexibility index (Phi) is 1.81. The molecule has 0 aromatic heterocycles. The van der Waals surface area contributed by atoms with E-state index in [1.807, 2.05) is 0 Å². The van der Waals surface area contributed by atoms with Crippen LogP contribution in [0.2, 0.25) is 10.0 Å². The minimum absolute atomic E-state index is 0.122. The number of hydrogen-bond donors (Lipinski definition) is 1. The van der Waals surface area contributed by atoms with E-state index in [-0.39, 0.29) is 5.06 Å². The van der Waals surface area contributed by atoms with Crippen LogP contribution in [0.15, 0.2) is 17.1 Å². The maximum absolute atomic E-state index is 11.1. The SMILES string of the molecule is [O-][NH+]1C=Nc2c1ccc(Cl)c2Cl. The van der Waals surface area contributed by atoms with Gasteiger partial charge in [0, 0.05) is 6.07 Å². The zero-order chi connectivity index (χ0) is 8.72. The molecule has 0 amide bonds. The third kappa shape index (κ3) is 1.03. The van der Waals surface area contributed by atoms with E-state index in [9.17, 15) is 5.21 Å². The van der Waals surface area contributed by atoms with Crippen LogP contribution in [0.4, 0.5) is 11.4 Å². The summed E-state index contributed by atoms with van der Waals surface area (Å²) in [7, 11) is 0. The smallest absolute Gasteiger partial charge is 0.194 e. The van der Waals surface area contributed by atoms with Gasteiger partial charge >= 0.3 is 0 Å². The summed E-state index contributed by atoms with van der Waals surface area (Å²) >= 11 is 11.5. The Labute approximate surface area is 78.8 Å². The number of quaternary nitrogens is 1. The van der Waals surface area contributed by atoms with Crippen molar-refractivity contribution in [3.05, 3.63) is 27.4 Å². The lowest BCUT2D eigenvalue weighted by Gasteiger charge is -2.11. The van der Waals surface area contributed by atoms with E-state index in [1.54, 1.807) is 12.1 Å². The maximum Gasteiger partial charge on any atom is 0.194 e. The number of nitrogens with zero attached hydrogens (tertiary/aromatic N) is 1. The Morgan fingerprint density at radius 3 is 2.83 bits per heavy atom. The first-order chi connectivity index (χ1) is 5.70. The van der Waals surface area contributed by atoms with Gasteiger partial charge in [-0.25, -0.2) is 0 Å². The summed E-state index contributed by atoms with van der Waals surface area (Å²) in [6.07, 6.45) is 1.24. The summed E-state index contributed by atoms with van der Waals surface area (Å²) in [5, 5.41) is 11.7. The number of aliphatic imine (C=N–C) groups is 1. The molecule has 0 spiro atoms. The fourth-order valence-corrected chi connectivity index (χ4v) is 1.42. The molecule has 5 heteroatoms. The third-order valence-electron chi connectivity index (χ3n) is 1.65. The second-order valence-electron chi connectivity index (χ2n) is 2.38. The average Bonchev–Trinajstić information content (AvgIpc) is 2.41. The Morgan fingerprint density at radius 1 is 1.33 bits per heavy atom. The Morgan fingerprint density at radius 2 is 2.08 bits per heavy atom. The zero-order valence-corrected chi connectivity index (χ0v) is 7.36. The lowest BCUT2D eigenvalue weighted by atomic mass is 10.3. The largest absolute Gasteiger partial charge is 0.623 e. The van der Waals surface area contributed by atoms with Crippen LogP contribution in [0, 0.1) is 5.21 Å². The van der Waals surface area contributed by atoms with Crippen molar-refractivity contribution in [3.8, 4) is 0 Å². The minimum Gasteiger partial charge on any atom is -0.623 e. The molecule has 3 nitrogen and oxygen atoms in total. The van der Waals surface area contributed by atoms with Gasteiger partial charge in [0.2, 0.25) is 0 Å². The van der Waals surface area contributed by atoms with E-state index in [0.717, 1.165) is 0 Å². The first-order valence-electron chi connectivity index (χ1n) is 3.26. The molecule has 0 bridgehead atoms. The molecule has 1 N–H and O–H groups in total. The Hall–Kier alpha value is -0.610. The van der Waals surface area contributed by atoms with Crippen LogP contribution in [-0.4, -0.2) is 6.34 Å². The van der Waals surface area contributed by atoms with E-state index in [4.69, 9.17) is 23.2 Å². The van der Waals surface area contributed by atoms with Crippen molar-refractivity contribution in [3.63, 3.8) is 0 Å². The van der Waals surface area contributed by atoms with Crippen LogP contribution in [-0.2, 0) is 0 Å². The standard InChI is InChI=1S/C7H4Cl2N2O/c8-4-1-2-5-7(6(4)9)10-3-11(5)12/h1-3,11H. The van der Waals surface area contributed by atoms with E-state index in [0.29, 0.717) is 21.4 Å². The van der Waals surface area contributed by atoms with Gasteiger partial charge in [0.15, 0.2) is 17.7 Å². The quantitative estimate of drug-likeness (QED) is 0.640. The fourth-order valence-electron chi connectivity index (χ4n) is 1.06. The van der Waals surface area contributed by atoms with Gasteiger partial charge in [0.25, 0.3) is 0 Å². The third-order valence-corrected chi connectivity index (χ3v) is 2.44. The van der Waals surface area contributed by atoms with Crippen LogP contribution in [0.5, 0.6) is 0 Å². The van der Waals surface area contributed by atoms with Crippen molar-refractivity contribution < 1.29 is 5.06 Å². The summed E-state index contributed by atoms with van der Waals surface area (Å²) in [4.78, 5) is 3.85. The number of hydrogen-bond acceptors (Lipinski definition) is 2. The molecule has 0 radical (unpaired) electrons. The molecule has 12 heavy (non-hydrogen) atoms. The molecule has 0 fully saturated rings. The number of hydroxylamine groups is 1. The van der Waals surface area contributed by atoms with E-state index >= 15 is 0 Å². The lowest BCUT2D eigenvalue weighted by Crippen LogP contribution is -2.99.